The molecule has 0 radical (unpaired) electrons. The van der Waals surface area contributed by atoms with Crippen molar-refractivity contribution in [2.24, 2.45) is 0 Å². The minimum atomic E-state index is -5.76. The Bertz CT molecular complexity index is 1050. The van der Waals surface area contributed by atoms with Crippen LogP contribution in [0.1, 0.15) is 35.7 Å². The second-order valence-electron chi connectivity index (χ2n) is 7.80. The van der Waals surface area contributed by atoms with Gasteiger partial charge in [-0.15, -0.1) is 0 Å². The Morgan fingerprint density at radius 2 is 1.76 bits per heavy atom. The first kappa shape index (κ1) is 23.8. The predicted molar refractivity (Wildman–Crippen MR) is 102 cm³/mol. The molecule has 2 aliphatic heterocycles. The highest BCUT2D eigenvalue weighted by Gasteiger charge is 2.60. The maximum Gasteiger partial charge on any atom is 0.434 e. The number of alkyl halides is 6. The van der Waals surface area contributed by atoms with Gasteiger partial charge in [-0.05, 0) is 47.7 Å². The van der Waals surface area contributed by atoms with Crippen LogP contribution in [0.25, 0.3) is 5.82 Å². The lowest BCUT2D eigenvalue weighted by Crippen LogP contribution is -2.49. The van der Waals surface area contributed by atoms with Gasteiger partial charge in [-0.2, -0.15) is 31.4 Å². The number of likely N-dealkylation sites (tertiary alicyclic amines) is 1. The third-order valence-electron chi connectivity index (χ3n) is 5.64. The molecule has 2 aromatic rings. The number of amides is 1. The molecule has 4 heterocycles. The number of rotatable bonds is 2. The summed E-state index contributed by atoms with van der Waals surface area (Å²) in [6.07, 6.45) is -14.6. The number of carbonyl (C=O) groups excluding carboxylic acids is 1. The van der Waals surface area contributed by atoms with Crippen molar-refractivity contribution in [3.05, 3.63) is 39.5 Å². The van der Waals surface area contributed by atoms with E-state index in [0.29, 0.717) is 29.9 Å². The fourth-order valence-corrected chi connectivity index (χ4v) is 4.81. The SMILES string of the molecule is O=C(OC(C(F)(F)F)C(F)(F)F)N1CCC(c2nn3c(c2Br)CCc2cc(F)cnc2-3)CC1. The van der Waals surface area contributed by atoms with Gasteiger partial charge in [-0.1, -0.05) is 0 Å². The van der Waals surface area contributed by atoms with Crippen LogP contribution in [0.15, 0.2) is 16.7 Å². The van der Waals surface area contributed by atoms with Crippen LogP contribution >= 0.6 is 15.9 Å². The number of fused-ring (bicyclic) bond motifs is 3. The van der Waals surface area contributed by atoms with Crippen molar-refractivity contribution in [3.8, 4) is 5.82 Å². The Morgan fingerprint density at radius 1 is 1.12 bits per heavy atom. The summed E-state index contributed by atoms with van der Waals surface area (Å²) in [5.74, 6) is -0.163. The fraction of sp³-hybridized carbons (Fsp3) is 0.526. The van der Waals surface area contributed by atoms with E-state index in [-0.39, 0.29) is 31.8 Å². The van der Waals surface area contributed by atoms with Crippen LogP contribution in [0.2, 0.25) is 0 Å². The lowest BCUT2D eigenvalue weighted by Gasteiger charge is -2.32. The van der Waals surface area contributed by atoms with Crippen molar-refractivity contribution >= 4 is 22.0 Å². The van der Waals surface area contributed by atoms with Crippen LogP contribution in [0, 0.1) is 5.82 Å². The first-order valence-electron chi connectivity index (χ1n) is 9.87. The molecule has 1 saturated heterocycles. The lowest BCUT2D eigenvalue weighted by atomic mass is 9.93. The molecule has 2 aromatic heterocycles. The minimum Gasteiger partial charge on any atom is -0.426 e. The van der Waals surface area contributed by atoms with Gasteiger partial charge in [-0.3, -0.25) is 0 Å². The zero-order valence-electron chi connectivity index (χ0n) is 16.7. The van der Waals surface area contributed by atoms with Crippen molar-refractivity contribution in [3.63, 3.8) is 0 Å². The summed E-state index contributed by atoms with van der Waals surface area (Å²) in [6.45, 7) is -0.193. The molecular formula is C19H16BrF7N4O2. The summed E-state index contributed by atoms with van der Waals surface area (Å²) in [7, 11) is 0. The summed E-state index contributed by atoms with van der Waals surface area (Å²) < 4.78 is 95.5. The molecule has 180 valence electrons. The summed E-state index contributed by atoms with van der Waals surface area (Å²) in [6, 6.07) is 1.39. The molecule has 0 bridgehead atoms. The summed E-state index contributed by atoms with van der Waals surface area (Å²) >= 11 is 3.52. The third-order valence-corrected chi connectivity index (χ3v) is 6.50. The minimum absolute atomic E-state index is 0.0966. The van der Waals surface area contributed by atoms with E-state index in [4.69, 9.17) is 0 Å². The van der Waals surface area contributed by atoms with Gasteiger partial charge in [0.2, 0.25) is 0 Å². The van der Waals surface area contributed by atoms with E-state index >= 15 is 0 Å². The quantitative estimate of drug-likeness (QED) is 0.495. The molecule has 33 heavy (non-hydrogen) atoms. The van der Waals surface area contributed by atoms with Crippen molar-refractivity contribution in [2.45, 2.75) is 50.1 Å². The van der Waals surface area contributed by atoms with E-state index in [1.165, 1.54) is 6.07 Å². The molecule has 1 amide bonds. The van der Waals surface area contributed by atoms with Gasteiger partial charge < -0.3 is 9.64 Å². The van der Waals surface area contributed by atoms with E-state index in [1.807, 2.05) is 0 Å². The Morgan fingerprint density at radius 3 is 2.36 bits per heavy atom. The summed E-state index contributed by atoms with van der Waals surface area (Å²) in [4.78, 5) is 16.9. The molecule has 4 rings (SSSR count). The van der Waals surface area contributed by atoms with Gasteiger partial charge in [0.1, 0.15) is 5.82 Å². The number of pyridine rings is 1. The zero-order valence-corrected chi connectivity index (χ0v) is 18.3. The normalized spacial score (nSPS) is 17.2. The molecule has 0 saturated carbocycles. The molecule has 14 heteroatoms. The summed E-state index contributed by atoms with van der Waals surface area (Å²) in [5, 5.41) is 4.58. The topological polar surface area (TPSA) is 60.2 Å². The van der Waals surface area contributed by atoms with E-state index in [2.05, 4.69) is 30.7 Å². The van der Waals surface area contributed by atoms with Gasteiger partial charge in [-0.25, -0.2) is 18.9 Å². The second-order valence-corrected chi connectivity index (χ2v) is 8.60. The Hall–Kier alpha value is -2.38. The average Bonchev–Trinajstić information content (AvgIpc) is 3.07. The van der Waals surface area contributed by atoms with Gasteiger partial charge in [0.05, 0.1) is 22.1 Å². The number of aromatic nitrogens is 3. The number of carbonyl (C=O) groups is 1. The molecule has 2 aliphatic rings. The number of piperidine rings is 1. The number of hydrogen-bond donors (Lipinski definition) is 0. The highest BCUT2D eigenvalue weighted by atomic mass is 79.9. The van der Waals surface area contributed by atoms with Crippen LogP contribution in [-0.2, 0) is 17.6 Å². The predicted octanol–water partition coefficient (Wildman–Crippen LogP) is 5.08. The maximum atomic E-state index is 13.5. The van der Waals surface area contributed by atoms with Gasteiger partial charge in [0.15, 0.2) is 5.82 Å². The number of aryl methyl sites for hydroxylation is 1. The van der Waals surface area contributed by atoms with E-state index in [0.717, 1.165) is 21.3 Å². The zero-order chi connectivity index (χ0) is 24.1. The monoisotopic (exact) mass is 544 g/mol. The highest BCUT2D eigenvalue weighted by molar-refractivity contribution is 9.10. The van der Waals surface area contributed by atoms with Crippen LogP contribution in [0.4, 0.5) is 35.5 Å². The molecule has 0 aromatic carbocycles. The van der Waals surface area contributed by atoms with E-state index < -0.39 is 30.4 Å². The van der Waals surface area contributed by atoms with Crippen molar-refractivity contribution in [1.82, 2.24) is 19.7 Å². The molecule has 0 N–H and O–H groups in total. The van der Waals surface area contributed by atoms with Crippen LogP contribution in [0.5, 0.6) is 0 Å². The highest BCUT2D eigenvalue weighted by Crippen LogP contribution is 2.39. The standard InChI is InChI=1S/C19H16BrF7N4O2/c20-13-12-2-1-10-7-11(21)8-28-15(10)31(12)29-14(13)9-3-5-30(6-4-9)17(32)33-16(18(22,23)24)19(25,26)27/h7-9,16H,1-6H2. The number of hydrogen-bond acceptors (Lipinski definition) is 4. The smallest absolute Gasteiger partial charge is 0.426 e. The largest absolute Gasteiger partial charge is 0.434 e. The Kier molecular flexibility index (Phi) is 6.08. The molecule has 0 unspecified atom stereocenters. The average molecular weight is 545 g/mol. The first-order chi connectivity index (χ1) is 15.4. The number of ether oxygens (including phenoxy) is 1. The number of halogens is 8. The Balaban J connectivity index is 1.46. The molecule has 0 spiro atoms. The maximum absolute atomic E-state index is 13.5. The summed E-state index contributed by atoms with van der Waals surface area (Å²) in [5.41, 5.74) is 2.17. The van der Waals surface area contributed by atoms with Crippen LogP contribution in [-0.4, -0.2) is 57.3 Å². The van der Waals surface area contributed by atoms with Crippen LogP contribution in [0.3, 0.4) is 0 Å². The van der Waals surface area contributed by atoms with E-state index in [9.17, 15) is 35.5 Å². The van der Waals surface area contributed by atoms with Crippen molar-refractivity contribution in [2.75, 3.05) is 13.1 Å². The van der Waals surface area contributed by atoms with Crippen molar-refractivity contribution < 1.29 is 40.3 Å². The third kappa shape index (κ3) is 4.66. The molecule has 0 atom stereocenters. The molecule has 6 nitrogen and oxygen atoms in total. The van der Waals surface area contributed by atoms with E-state index in [1.54, 1.807) is 4.68 Å². The number of nitrogens with zero attached hydrogens (tertiary/aromatic N) is 4. The second kappa shape index (κ2) is 8.44. The lowest BCUT2D eigenvalue weighted by molar-refractivity contribution is -0.308. The fourth-order valence-electron chi connectivity index (χ4n) is 4.04. The first-order valence-corrected chi connectivity index (χ1v) is 10.7. The Labute approximate surface area is 190 Å². The molecule has 1 fully saturated rings. The van der Waals surface area contributed by atoms with Gasteiger partial charge in [0.25, 0.3) is 6.10 Å². The van der Waals surface area contributed by atoms with Crippen LogP contribution < -0.4 is 0 Å². The van der Waals surface area contributed by atoms with Crippen molar-refractivity contribution in [1.29, 1.82) is 0 Å². The van der Waals surface area contributed by atoms with Gasteiger partial charge >= 0.3 is 18.4 Å². The molecule has 0 aliphatic carbocycles. The molecular weight excluding hydrogens is 529 g/mol. The van der Waals surface area contributed by atoms with Gasteiger partial charge in [0, 0.05) is 24.6 Å².